The van der Waals surface area contributed by atoms with Gasteiger partial charge in [-0.15, -0.1) is 16.4 Å². The number of hydrogen-bond acceptors (Lipinski definition) is 7. The van der Waals surface area contributed by atoms with Gasteiger partial charge in [0.2, 0.25) is 5.16 Å². The molecular weight excluding hydrogens is 334 g/mol. The third kappa shape index (κ3) is 2.95. The summed E-state index contributed by atoms with van der Waals surface area (Å²) in [6, 6.07) is 2.59. The summed E-state index contributed by atoms with van der Waals surface area (Å²) in [5, 5.41) is 20.6. The number of nitrogens with zero attached hydrogens (tertiary/aromatic N) is 5. The Kier molecular flexibility index (Phi) is 4.22. The van der Waals surface area contributed by atoms with Gasteiger partial charge in [-0.05, 0) is 34.7 Å². The normalized spacial score (nSPS) is 15.6. The summed E-state index contributed by atoms with van der Waals surface area (Å²) >= 11 is 5.08. The fraction of sp³-hybridized carbons (Fsp3) is 0.429. The van der Waals surface area contributed by atoms with Gasteiger partial charge in [0.05, 0.1) is 11.7 Å². The van der Waals surface area contributed by atoms with Crippen molar-refractivity contribution in [2.24, 2.45) is 0 Å². The second kappa shape index (κ2) is 6.47. The molecule has 8 heteroatoms. The minimum Gasteiger partial charge on any atom is -0.240 e. The van der Waals surface area contributed by atoms with E-state index in [1.54, 1.807) is 34.4 Å². The van der Waals surface area contributed by atoms with Crippen LogP contribution in [-0.2, 0) is 5.75 Å². The maximum atomic E-state index is 4.71. The minimum atomic E-state index is 0.481. The highest BCUT2D eigenvalue weighted by atomic mass is 32.2. The lowest BCUT2D eigenvalue weighted by Gasteiger charge is -2.10. The molecule has 3 aromatic rings. The first-order valence-electron chi connectivity index (χ1n) is 7.28. The van der Waals surface area contributed by atoms with E-state index in [1.807, 2.05) is 4.68 Å². The number of thiazole rings is 1. The van der Waals surface area contributed by atoms with Crippen molar-refractivity contribution in [2.75, 3.05) is 0 Å². The first-order valence-corrected chi connectivity index (χ1v) is 10.1. The van der Waals surface area contributed by atoms with Crippen molar-refractivity contribution in [1.29, 1.82) is 0 Å². The molecule has 114 valence electrons. The van der Waals surface area contributed by atoms with E-state index < -0.39 is 0 Å². The highest BCUT2D eigenvalue weighted by Gasteiger charge is 2.21. The van der Waals surface area contributed by atoms with Crippen LogP contribution in [0.4, 0.5) is 0 Å². The van der Waals surface area contributed by atoms with E-state index in [4.69, 9.17) is 4.98 Å². The molecule has 22 heavy (non-hydrogen) atoms. The number of thioether (sulfide) groups is 1. The van der Waals surface area contributed by atoms with Crippen LogP contribution in [0.2, 0.25) is 0 Å². The molecule has 0 radical (unpaired) electrons. The molecule has 0 bridgehead atoms. The Bertz CT molecular complexity index is 727. The van der Waals surface area contributed by atoms with Gasteiger partial charge >= 0.3 is 0 Å². The van der Waals surface area contributed by atoms with Gasteiger partial charge in [0.25, 0.3) is 0 Å². The Labute approximate surface area is 140 Å². The van der Waals surface area contributed by atoms with E-state index in [0.29, 0.717) is 6.04 Å². The van der Waals surface area contributed by atoms with Crippen molar-refractivity contribution in [3.8, 4) is 10.6 Å². The van der Waals surface area contributed by atoms with Crippen molar-refractivity contribution < 1.29 is 0 Å². The Morgan fingerprint density at radius 1 is 1.27 bits per heavy atom. The molecule has 0 spiro atoms. The summed E-state index contributed by atoms with van der Waals surface area (Å²) < 4.78 is 2.00. The molecule has 1 saturated carbocycles. The van der Waals surface area contributed by atoms with Gasteiger partial charge in [-0.2, -0.15) is 11.3 Å². The van der Waals surface area contributed by atoms with Crippen LogP contribution < -0.4 is 0 Å². The third-order valence-electron chi connectivity index (χ3n) is 3.80. The van der Waals surface area contributed by atoms with Crippen LogP contribution in [0.3, 0.4) is 0 Å². The van der Waals surface area contributed by atoms with Crippen molar-refractivity contribution in [3.63, 3.8) is 0 Å². The zero-order valence-corrected chi connectivity index (χ0v) is 14.3. The lowest BCUT2D eigenvalue weighted by atomic mass is 10.3. The molecular formula is C14H15N5S3. The molecule has 0 N–H and O–H groups in total. The molecule has 1 aliphatic rings. The van der Waals surface area contributed by atoms with Gasteiger partial charge in [-0.3, -0.25) is 0 Å². The molecule has 0 unspecified atom stereocenters. The molecule has 3 heterocycles. The van der Waals surface area contributed by atoms with E-state index in [-0.39, 0.29) is 0 Å². The number of aromatic nitrogens is 5. The second-order valence-electron chi connectivity index (χ2n) is 5.29. The van der Waals surface area contributed by atoms with Crippen molar-refractivity contribution in [2.45, 2.75) is 42.6 Å². The van der Waals surface area contributed by atoms with Crippen LogP contribution in [0.1, 0.15) is 37.4 Å². The van der Waals surface area contributed by atoms with Gasteiger partial charge in [0.1, 0.15) is 5.01 Å². The topological polar surface area (TPSA) is 56.5 Å². The number of hydrogen-bond donors (Lipinski definition) is 0. The number of tetrazole rings is 1. The van der Waals surface area contributed by atoms with Crippen LogP contribution in [-0.4, -0.2) is 25.2 Å². The molecule has 0 aliphatic heterocycles. The predicted molar refractivity (Wildman–Crippen MR) is 90.3 cm³/mol. The molecule has 3 aromatic heterocycles. The lowest BCUT2D eigenvalue weighted by molar-refractivity contribution is 0.423. The smallest absolute Gasteiger partial charge is 0.209 e. The largest absolute Gasteiger partial charge is 0.240 e. The Hall–Kier alpha value is -1.25. The van der Waals surface area contributed by atoms with Gasteiger partial charge < -0.3 is 0 Å². The predicted octanol–water partition coefficient (Wildman–Crippen LogP) is 4.27. The minimum absolute atomic E-state index is 0.481. The second-order valence-corrected chi connectivity index (χ2v) is 7.87. The zero-order valence-electron chi connectivity index (χ0n) is 11.9. The number of thiophene rings is 1. The van der Waals surface area contributed by atoms with Crippen LogP contribution in [0.15, 0.2) is 27.4 Å². The summed E-state index contributed by atoms with van der Waals surface area (Å²) in [7, 11) is 0. The quantitative estimate of drug-likeness (QED) is 0.644. The van der Waals surface area contributed by atoms with E-state index in [2.05, 4.69) is 37.7 Å². The monoisotopic (exact) mass is 349 g/mol. The van der Waals surface area contributed by atoms with Crippen LogP contribution in [0.25, 0.3) is 10.6 Å². The average Bonchev–Trinajstić information content (AvgIpc) is 3.33. The van der Waals surface area contributed by atoms with E-state index in [0.717, 1.165) is 21.6 Å². The third-order valence-corrected chi connectivity index (χ3v) is 6.39. The molecule has 1 aliphatic carbocycles. The molecule has 4 rings (SSSR count). The highest BCUT2D eigenvalue weighted by Crippen LogP contribution is 2.33. The van der Waals surface area contributed by atoms with Crippen LogP contribution in [0.5, 0.6) is 0 Å². The molecule has 5 nitrogen and oxygen atoms in total. The summed E-state index contributed by atoms with van der Waals surface area (Å²) in [5.74, 6) is 0.813. The fourth-order valence-electron chi connectivity index (χ4n) is 2.69. The summed E-state index contributed by atoms with van der Waals surface area (Å²) in [4.78, 5) is 4.71. The Morgan fingerprint density at radius 2 is 2.18 bits per heavy atom. The van der Waals surface area contributed by atoms with Crippen molar-refractivity contribution >= 4 is 34.4 Å². The molecule has 0 aromatic carbocycles. The molecule has 0 saturated heterocycles. The first kappa shape index (κ1) is 14.3. The van der Waals surface area contributed by atoms with Gasteiger partial charge in [-0.25, -0.2) is 9.67 Å². The first-order chi connectivity index (χ1) is 10.9. The van der Waals surface area contributed by atoms with Crippen LogP contribution in [0, 0.1) is 0 Å². The zero-order chi connectivity index (χ0) is 14.8. The summed E-state index contributed by atoms with van der Waals surface area (Å²) in [6.07, 6.45) is 4.95. The van der Waals surface area contributed by atoms with Crippen molar-refractivity contribution in [3.05, 3.63) is 27.9 Å². The average molecular weight is 350 g/mol. The fourth-order valence-corrected chi connectivity index (χ4v) is 5.16. The summed E-state index contributed by atoms with van der Waals surface area (Å²) in [6.45, 7) is 0. The van der Waals surface area contributed by atoms with E-state index in [9.17, 15) is 0 Å². The van der Waals surface area contributed by atoms with Gasteiger partial charge in [-0.1, -0.05) is 24.6 Å². The standard InChI is InChI=1S/C14H15N5S3/c1-2-4-12(3-1)19-14(16-17-18-19)22-9-11-8-21-13(15-11)10-5-6-20-7-10/h5-8,12H,1-4,9H2. The van der Waals surface area contributed by atoms with Gasteiger partial charge in [0.15, 0.2) is 0 Å². The molecule has 0 atom stereocenters. The maximum Gasteiger partial charge on any atom is 0.209 e. The Morgan fingerprint density at radius 3 is 3.00 bits per heavy atom. The van der Waals surface area contributed by atoms with E-state index in [1.165, 1.54) is 31.2 Å². The highest BCUT2D eigenvalue weighted by molar-refractivity contribution is 7.98. The van der Waals surface area contributed by atoms with E-state index >= 15 is 0 Å². The van der Waals surface area contributed by atoms with Gasteiger partial charge in [0, 0.05) is 22.1 Å². The van der Waals surface area contributed by atoms with Crippen molar-refractivity contribution in [1.82, 2.24) is 25.2 Å². The number of rotatable bonds is 5. The maximum absolute atomic E-state index is 4.71. The summed E-state index contributed by atoms with van der Waals surface area (Å²) in [5.41, 5.74) is 2.30. The SMILES string of the molecule is c1cc(-c2nc(CSc3nnnn3C3CCCC3)cs2)cs1. The molecule has 0 amide bonds. The lowest BCUT2D eigenvalue weighted by Crippen LogP contribution is -2.08. The van der Waals surface area contributed by atoms with Crippen LogP contribution >= 0.6 is 34.4 Å². The molecule has 1 fully saturated rings. The Balaban J connectivity index is 1.44.